The number of benzene rings is 3. The van der Waals surface area contributed by atoms with E-state index >= 15 is 0 Å². The average Bonchev–Trinajstić information content (AvgIpc) is 2.95. The average molecular weight is 621 g/mol. The predicted octanol–water partition coefficient (Wildman–Crippen LogP) is 6.19. The number of rotatable bonds is 10. The van der Waals surface area contributed by atoms with Crippen molar-refractivity contribution in [3.8, 4) is 0 Å². The second-order valence-corrected chi connectivity index (χ2v) is 12.8. The molecule has 1 unspecified atom stereocenters. The summed E-state index contributed by atoms with van der Waals surface area (Å²) in [5.74, 6) is -1.60. The van der Waals surface area contributed by atoms with Crippen molar-refractivity contribution in [1.82, 2.24) is 10.2 Å². The zero-order chi connectivity index (χ0) is 29.6. The van der Waals surface area contributed by atoms with Crippen LogP contribution in [0.4, 0.5) is 10.1 Å². The summed E-state index contributed by atoms with van der Waals surface area (Å²) >= 11 is 12.2. The maximum absolute atomic E-state index is 14.7. The molecule has 1 aliphatic carbocycles. The van der Waals surface area contributed by atoms with Gasteiger partial charge in [0.05, 0.1) is 10.6 Å². The Hall–Kier alpha value is -3.14. The lowest BCUT2D eigenvalue weighted by Gasteiger charge is -2.33. The van der Waals surface area contributed by atoms with Crippen LogP contribution >= 0.6 is 23.2 Å². The fourth-order valence-electron chi connectivity index (χ4n) is 4.86. The number of amides is 2. The van der Waals surface area contributed by atoms with E-state index in [1.807, 2.05) is 0 Å². The van der Waals surface area contributed by atoms with E-state index in [1.54, 1.807) is 25.1 Å². The number of hydrogen-bond donors (Lipinski definition) is 1. The zero-order valence-electron chi connectivity index (χ0n) is 22.6. The monoisotopic (exact) mass is 619 g/mol. The molecule has 3 aromatic rings. The molecule has 2 amide bonds. The van der Waals surface area contributed by atoms with E-state index in [0.717, 1.165) is 36.4 Å². The van der Waals surface area contributed by atoms with Crippen LogP contribution in [0.25, 0.3) is 0 Å². The van der Waals surface area contributed by atoms with Gasteiger partial charge in [-0.2, -0.15) is 0 Å². The molecule has 7 nitrogen and oxygen atoms in total. The van der Waals surface area contributed by atoms with E-state index in [0.29, 0.717) is 5.02 Å². The topological polar surface area (TPSA) is 86.8 Å². The Morgan fingerprint density at radius 1 is 0.951 bits per heavy atom. The standard InChI is InChI=1S/C30H32Cl2FN3O4S/c1-21(30(38)34-25-10-3-2-4-11-25)35(19-22-8-5-6-13-28(22)33)29(37)20-36(26-12-7-9-24(32)18-26)41(39,40)27-16-14-23(31)15-17-27/h5-9,12-18,21,25H,2-4,10-11,19-20H2,1H3,(H,34,38). The van der Waals surface area contributed by atoms with E-state index in [-0.39, 0.29) is 39.7 Å². The molecule has 0 bridgehead atoms. The van der Waals surface area contributed by atoms with Crippen molar-refractivity contribution < 1.29 is 22.4 Å². The molecule has 0 spiro atoms. The van der Waals surface area contributed by atoms with Crippen molar-refractivity contribution in [2.45, 2.75) is 62.6 Å². The van der Waals surface area contributed by atoms with Gasteiger partial charge in [0.15, 0.2) is 0 Å². The van der Waals surface area contributed by atoms with Crippen molar-refractivity contribution in [1.29, 1.82) is 0 Å². The Balaban J connectivity index is 1.68. The van der Waals surface area contributed by atoms with Crippen molar-refractivity contribution in [3.63, 3.8) is 0 Å². The van der Waals surface area contributed by atoms with Crippen LogP contribution in [0.15, 0.2) is 77.7 Å². The smallest absolute Gasteiger partial charge is 0.264 e. The van der Waals surface area contributed by atoms with Crippen molar-refractivity contribution in [2.75, 3.05) is 10.8 Å². The van der Waals surface area contributed by atoms with Crippen LogP contribution in [0.1, 0.15) is 44.6 Å². The zero-order valence-corrected chi connectivity index (χ0v) is 24.9. The lowest BCUT2D eigenvalue weighted by molar-refractivity contribution is -0.139. The lowest BCUT2D eigenvalue weighted by Crippen LogP contribution is -2.53. The molecule has 0 radical (unpaired) electrons. The molecule has 0 aromatic heterocycles. The highest BCUT2D eigenvalue weighted by molar-refractivity contribution is 7.92. The number of hydrogen-bond acceptors (Lipinski definition) is 4. The summed E-state index contributed by atoms with van der Waals surface area (Å²) in [7, 11) is -4.27. The highest BCUT2D eigenvalue weighted by Gasteiger charge is 2.33. The van der Waals surface area contributed by atoms with Gasteiger partial charge in [0.25, 0.3) is 10.0 Å². The molecule has 1 aliphatic rings. The van der Waals surface area contributed by atoms with Gasteiger partial charge in [-0.15, -0.1) is 0 Å². The number of halogens is 3. The first-order valence-corrected chi connectivity index (χ1v) is 15.6. The van der Waals surface area contributed by atoms with Gasteiger partial charge in [0, 0.05) is 28.2 Å². The predicted molar refractivity (Wildman–Crippen MR) is 159 cm³/mol. The van der Waals surface area contributed by atoms with E-state index in [9.17, 15) is 22.4 Å². The normalized spacial score (nSPS) is 14.7. The van der Waals surface area contributed by atoms with Crippen LogP contribution in [0, 0.1) is 5.82 Å². The maximum Gasteiger partial charge on any atom is 0.264 e. The van der Waals surface area contributed by atoms with Crippen molar-refractivity contribution in [3.05, 3.63) is 94.2 Å². The van der Waals surface area contributed by atoms with Gasteiger partial charge < -0.3 is 10.2 Å². The number of sulfonamides is 1. The van der Waals surface area contributed by atoms with Crippen LogP contribution < -0.4 is 9.62 Å². The molecule has 11 heteroatoms. The Labute approximate surface area is 250 Å². The van der Waals surface area contributed by atoms with Gasteiger partial charge in [0.1, 0.15) is 18.4 Å². The molecule has 1 fully saturated rings. The fourth-order valence-corrected chi connectivity index (χ4v) is 6.57. The number of anilines is 1. The van der Waals surface area contributed by atoms with Gasteiger partial charge in [-0.3, -0.25) is 13.9 Å². The van der Waals surface area contributed by atoms with Crippen molar-refractivity contribution >= 4 is 50.7 Å². The quantitative estimate of drug-likeness (QED) is 0.293. The van der Waals surface area contributed by atoms with Crippen LogP contribution in [-0.2, 0) is 26.2 Å². The summed E-state index contributed by atoms with van der Waals surface area (Å²) in [5.41, 5.74) is 0.360. The highest BCUT2D eigenvalue weighted by atomic mass is 35.5. The second kappa shape index (κ2) is 13.7. The molecule has 0 saturated heterocycles. The van der Waals surface area contributed by atoms with Crippen LogP contribution in [0.2, 0.25) is 10.0 Å². The minimum absolute atomic E-state index is 0.00245. The number of nitrogens with one attached hydrogen (secondary N) is 1. The number of nitrogens with zero attached hydrogens (tertiary/aromatic N) is 2. The summed E-state index contributed by atoms with van der Waals surface area (Å²) in [6, 6.07) is 16.6. The van der Waals surface area contributed by atoms with Gasteiger partial charge >= 0.3 is 0 Å². The minimum Gasteiger partial charge on any atom is -0.352 e. The van der Waals surface area contributed by atoms with E-state index in [1.165, 1.54) is 59.5 Å². The summed E-state index contributed by atoms with van der Waals surface area (Å²) in [6.45, 7) is 0.685. The minimum atomic E-state index is -4.27. The molecular weight excluding hydrogens is 588 g/mol. The van der Waals surface area contributed by atoms with E-state index in [2.05, 4.69) is 5.32 Å². The molecule has 1 N–H and O–H groups in total. The fraction of sp³-hybridized carbons (Fsp3) is 0.333. The summed E-state index contributed by atoms with van der Waals surface area (Å²) in [6.07, 6.45) is 4.83. The molecule has 3 aromatic carbocycles. The molecule has 4 rings (SSSR count). The SMILES string of the molecule is CC(C(=O)NC1CCCCC1)N(Cc1ccccc1F)C(=O)CN(c1cccc(Cl)c1)S(=O)(=O)c1ccc(Cl)cc1. The molecule has 0 aliphatic heterocycles. The largest absolute Gasteiger partial charge is 0.352 e. The third-order valence-corrected chi connectivity index (χ3v) is 9.47. The van der Waals surface area contributed by atoms with E-state index in [4.69, 9.17) is 23.2 Å². The number of carbonyl (C=O) groups excluding carboxylic acids is 2. The van der Waals surface area contributed by atoms with Gasteiger partial charge in [0.2, 0.25) is 11.8 Å². The molecule has 41 heavy (non-hydrogen) atoms. The van der Waals surface area contributed by atoms with E-state index < -0.39 is 34.3 Å². The van der Waals surface area contributed by atoms with Gasteiger partial charge in [-0.25, -0.2) is 12.8 Å². The number of carbonyl (C=O) groups is 2. The second-order valence-electron chi connectivity index (χ2n) is 10.1. The lowest BCUT2D eigenvalue weighted by atomic mass is 9.95. The molecule has 0 heterocycles. The Bertz CT molecular complexity index is 1480. The van der Waals surface area contributed by atoms with Crippen LogP contribution in [-0.4, -0.2) is 43.8 Å². The molecule has 1 saturated carbocycles. The Morgan fingerprint density at radius 3 is 2.29 bits per heavy atom. The maximum atomic E-state index is 14.7. The molecular formula is C30H32Cl2FN3O4S. The third kappa shape index (κ3) is 7.78. The first kappa shape index (κ1) is 30.8. The third-order valence-electron chi connectivity index (χ3n) is 7.19. The van der Waals surface area contributed by atoms with Crippen LogP contribution in [0.3, 0.4) is 0 Å². The first-order chi connectivity index (χ1) is 19.6. The summed E-state index contributed by atoms with van der Waals surface area (Å²) < 4.78 is 43.3. The Morgan fingerprint density at radius 2 is 1.63 bits per heavy atom. The molecule has 1 atom stereocenters. The molecule has 218 valence electrons. The summed E-state index contributed by atoms with van der Waals surface area (Å²) in [4.78, 5) is 28.4. The van der Waals surface area contributed by atoms with Gasteiger partial charge in [-0.1, -0.05) is 66.7 Å². The first-order valence-electron chi connectivity index (χ1n) is 13.4. The van der Waals surface area contributed by atoms with Gasteiger partial charge in [-0.05, 0) is 68.3 Å². The van der Waals surface area contributed by atoms with Crippen molar-refractivity contribution in [2.24, 2.45) is 0 Å². The highest BCUT2D eigenvalue weighted by Crippen LogP contribution is 2.28. The Kier molecular flexibility index (Phi) is 10.3. The van der Waals surface area contributed by atoms with Crippen LogP contribution in [0.5, 0.6) is 0 Å². The summed E-state index contributed by atoms with van der Waals surface area (Å²) in [5, 5.41) is 3.64.